The molecule has 1 unspecified atom stereocenters. The molecular formula is C17H26N2S. The molecule has 2 nitrogen and oxygen atoms in total. The van der Waals surface area contributed by atoms with E-state index < -0.39 is 0 Å². The minimum Gasteiger partial charge on any atom is -0.271 e. The second-order valence-electron chi connectivity index (χ2n) is 5.57. The molecule has 20 heavy (non-hydrogen) atoms. The van der Waals surface area contributed by atoms with Gasteiger partial charge in [0.15, 0.2) is 0 Å². The van der Waals surface area contributed by atoms with E-state index in [1.54, 1.807) is 0 Å². The van der Waals surface area contributed by atoms with Gasteiger partial charge in [0, 0.05) is 10.7 Å². The van der Waals surface area contributed by atoms with Crippen molar-refractivity contribution in [1.82, 2.24) is 5.43 Å². The number of nitrogens with one attached hydrogen (secondary N) is 1. The summed E-state index contributed by atoms with van der Waals surface area (Å²) < 4.78 is 1.38. The lowest BCUT2D eigenvalue weighted by atomic mass is 9.87. The summed E-state index contributed by atoms with van der Waals surface area (Å²) in [5.41, 5.74) is 4.52. The quantitative estimate of drug-likeness (QED) is 0.555. The van der Waals surface area contributed by atoms with E-state index in [0.29, 0.717) is 12.0 Å². The molecule has 1 aromatic heterocycles. The highest BCUT2D eigenvalue weighted by Gasteiger charge is 2.20. The number of hydrogen-bond donors (Lipinski definition) is 2. The Kier molecular flexibility index (Phi) is 6.02. The molecule has 3 N–H and O–H groups in total. The summed E-state index contributed by atoms with van der Waals surface area (Å²) in [5, 5.41) is 3.69. The Labute approximate surface area is 126 Å². The van der Waals surface area contributed by atoms with E-state index in [0.717, 1.165) is 6.42 Å². The Morgan fingerprint density at radius 2 is 1.85 bits per heavy atom. The number of nitrogens with two attached hydrogens (primary N) is 1. The molecule has 2 aromatic rings. The second kappa shape index (κ2) is 7.77. The average Bonchev–Trinajstić information content (AvgIpc) is 2.88. The van der Waals surface area contributed by atoms with Crippen molar-refractivity contribution in [2.45, 2.75) is 52.0 Å². The fourth-order valence-electron chi connectivity index (χ4n) is 3.08. The summed E-state index contributed by atoms with van der Waals surface area (Å²) in [6.45, 7) is 4.52. The highest BCUT2D eigenvalue weighted by molar-refractivity contribution is 7.17. The van der Waals surface area contributed by atoms with Crippen LogP contribution in [0, 0.1) is 5.92 Å². The fraction of sp³-hybridized carbons (Fsp3) is 0.529. The van der Waals surface area contributed by atoms with E-state index in [4.69, 9.17) is 5.84 Å². The van der Waals surface area contributed by atoms with Crippen molar-refractivity contribution in [1.29, 1.82) is 0 Å². The molecule has 3 heteroatoms. The van der Waals surface area contributed by atoms with Crippen LogP contribution in [0.4, 0.5) is 0 Å². The van der Waals surface area contributed by atoms with E-state index in [9.17, 15) is 0 Å². The molecule has 2 rings (SSSR count). The van der Waals surface area contributed by atoms with Gasteiger partial charge in [0.1, 0.15) is 0 Å². The lowest BCUT2D eigenvalue weighted by Crippen LogP contribution is -2.42. The summed E-state index contributed by atoms with van der Waals surface area (Å²) in [7, 11) is 0. The molecule has 0 spiro atoms. The van der Waals surface area contributed by atoms with Gasteiger partial charge >= 0.3 is 0 Å². The lowest BCUT2D eigenvalue weighted by molar-refractivity contribution is 0.312. The zero-order valence-electron chi connectivity index (χ0n) is 12.6. The maximum atomic E-state index is 5.85. The number of fused-ring (bicyclic) bond motifs is 1. The molecule has 110 valence electrons. The van der Waals surface area contributed by atoms with Gasteiger partial charge < -0.3 is 0 Å². The molecule has 0 saturated heterocycles. The molecule has 0 aliphatic rings. The maximum Gasteiger partial charge on any atom is 0.0345 e. The van der Waals surface area contributed by atoms with Crippen LogP contribution in [0.1, 0.15) is 45.1 Å². The molecule has 1 heterocycles. The maximum absolute atomic E-state index is 5.85. The first kappa shape index (κ1) is 15.5. The van der Waals surface area contributed by atoms with Crippen molar-refractivity contribution in [3.8, 4) is 0 Å². The van der Waals surface area contributed by atoms with Gasteiger partial charge in [0.2, 0.25) is 0 Å². The smallest absolute Gasteiger partial charge is 0.0345 e. The van der Waals surface area contributed by atoms with Crippen molar-refractivity contribution in [3.63, 3.8) is 0 Å². The highest BCUT2D eigenvalue weighted by Crippen LogP contribution is 2.29. The van der Waals surface area contributed by atoms with Gasteiger partial charge in [0.25, 0.3) is 0 Å². The Hall–Kier alpha value is -0.900. The van der Waals surface area contributed by atoms with Gasteiger partial charge in [-0.25, -0.2) is 0 Å². The summed E-state index contributed by atoms with van der Waals surface area (Å²) in [4.78, 5) is 0. The van der Waals surface area contributed by atoms with Crippen molar-refractivity contribution in [2.75, 3.05) is 0 Å². The van der Waals surface area contributed by atoms with Gasteiger partial charge in [-0.3, -0.25) is 11.3 Å². The Morgan fingerprint density at radius 3 is 2.50 bits per heavy atom. The van der Waals surface area contributed by atoms with Crippen LogP contribution in [0.15, 0.2) is 29.6 Å². The van der Waals surface area contributed by atoms with Crippen LogP contribution in [0.25, 0.3) is 10.1 Å². The lowest BCUT2D eigenvalue weighted by Gasteiger charge is -2.26. The zero-order valence-corrected chi connectivity index (χ0v) is 13.4. The number of benzene rings is 1. The highest BCUT2D eigenvalue weighted by atomic mass is 32.1. The SMILES string of the molecule is CCCC(CCC)C(Cc1csc2ccccc12)NN. The van der Waals surface area contributed by atoms with E-state index in [1.807, 2.05) is 11.3 Å². The van der Waals surface area contributed by atoms with Crippen LogP contribution in [-0.4, -0.2) is 6.04 Å². The number of rotatable bonds is 8. The van der Waals surface area contributed by atoms with Crippen molar-refractivity contribution >= 4 is 21.4 Å². The first-order valence-electron chi connectivity index (χ1n) is 7.71. The Bertz CT molecular complexity index is 514. The van der Waals surface area contributed by atoms with E-state index >= 15 is 0 Å². The number of thiophene rings is 1. The average molecular weight is 290 g/mol. The van der Waals surface area contributed by atoms with E-state index in [2.05, 4.69) is 48.9 Å². The minimum atomic E-state index is 0.382. The number of hydrazine groups is 1. The molecular weight excluding hydrogens is 264 g/mol. The molecule has 1 atom stereocenters. The minimum absolute atomic E-state index is 0.382. The van der Waals surface area contributed by atoms with Crippen LogP contribution >= 0.6 is 11.3 Å². The summed E-state index contributed by atoms with van der Waals surface area (Å²) in [5.74, 6) is 6.52. The fourth-order valence-corrected chi connectivity index (χ4v) is 4.05. The van der Waals surface area contributed by atoms with E-state index in [1.165, 1.54) is 41.3 Å². The van der Waals surface area contributed by atoms with Gasteiger partial charge in [-0.15, -0.1) is 11.3 Å². The standard InChI is InChI=1S/C17H26N2S/c1-3-7-13(8-4-2)16(19-18)11-14-12-20-17-10-6-5-9-15(14)17/h5-6,9-10,12-13,16,19H,3-4,7-8,11,18H2,1-2H3. The first-order chi connectivity index (χ1) is 9.80. The third-order valence-electron chi connectivity index (χ3n) is 4.10. The summed E-state index contributed by atoms with van der Waals surface area (Å²) >= 11 is 1.84. The van der Waals surface area contributed by atoms with Crippen molar-refractivity contribution in [3.05, 3.63) is 35.2 Å². The van der Waals surface area contributed by atoms with E-state index in [-0.39, 0.29) is 0 Å². The molecule has 0 aliphatic heterocycles. The summed E-state index contributed by atoms with van der Waals surface area (Å²) in [6, 6.07) is 9.04. The Morgan fingerprint density at radius 1 is 1.15 bits per heavy atom. The Balaban J connectivity index is 2.16. The third-order valence-corrected chi connectivity index (χ3v) is 5.12. The van der Waals surface area contributed by atoms with Gasteiger partial charge in [-0.1, -0.05) is 44.9 Å². The normalized spacial score (nSPS) is 13.2. The van der Waals surface area contributed by atoms with Crippen LogP contribution in [0.3, 0.4) is 0 Å². The molecule has 1 aromatic carbocycles. The molecule has 0 saturated carbocycles. The van der Waals surface area contributed by atoms with Gasteiger partial charge in [0.05, 0.1) is 0 Å². The van der Waals surface area contributed by atoms with Crippen LogP contribution in [0.2, 0.25) is 0 Å². The molecule has 0 fully saturated rings. The predicted molar refractivity (Wildman–Crippen MR) is 89.9 cm³/mol. The van der Waals surface area contributed by atoms with Crippen molar-refractivity contribution in [2.24, 2.45) is 11.8 Å². The van der Waals surface area contributed by atoms with Gasteiger partial charge in [-0.05, 0) is 47.6 Å². The first-order valence-corrected chi connectivity index (χ1v) is 8.59. The zero-order chi connectivity index (χ0) is 14.4. The molecule has 0 radical (unpaired) electrons. The molecule has 0 aliphatic carbocycles. The van der Waals surface area contributed by atoms with Crippen LogP contribution in [-0.2, 0) is 6.42 Å². The number of hydrogen-bond acceptors (Lipinski definition) is 3. The molecule has 0 bridgehead atoms. The van der Waals surface area contributed by atoms with Crippen LogP contribution in [0.5, 0.6) is 0 Å². The monoisotopic (exact) mass is 290 g/mol. The van der Waals surface area contributed by atoms with Crippen LogP contribution < -0.4 is 11.3 Å². The third kappa shape index (κ3) is 3.60. The predicted octanol–water partition coefficient (Wildman–Crippen LogP) is 4.49. The van der Waals surface area contributed by atoms with Gasteiger partial charge in [-0.2, -0.15) is 0 Å². The van der Waals surface area contributed by atoms with Crippen molar-refractivity contribution < 1.29 is 0 Å². The topological polar surface area (TPSA) is 38.0 Å². The largest absolute Gasteiger partial charge is 0.271 e. The molecule has 0 amide bonds. The summed E-state index contributed by atoms with van der Waals surface area (Å²) in [6.07, 6.45) is 6.00. The second-order valence-corrected chi connectivity index (χ2v) is 6.48.